The number of ether oxygens (including phenoxy) is 4. The van der Waals surface area contributed by atoms with Gasteiger partial charge in [0.05, 0.1) is 4.90 Å². The molecular formula is C38H38O13S. The van der Waals surface area contributed by atoms with E-state index in [1.165, 1.54) is 48.5 Å². The Bertz CT molecular complexity index is 2230. The zero-order valence-corrected chi connectivity index (χ0v) is 30.5. The van der Waals surface area contributed by atoms with Gasteiger partial charge in [-0.05, 0) is 84.9 Å². The van der Waals surface area contributed by atoms with Crippen LogP contribution in [0.2, 0.25) is 0 Å². The van der Waals surface area contributed by atoms with Crippen LogP contribution < -0.4 is 20.3 Å². The van der Waals surface area contributed by atoms with Gasteiger partial charge in [0.25, 0.3) is 10.1 Å². The Morgan fingerprint density at radius 2 is 1.10 bits per heavy atom. The van der Waals surface area contributed by atoms with Gasteiger partial charge in [-0.2, -0.15) is 8.42 Å². The molecule has 0 bridgehead atoms. The zero-order valence-electron chi connectivity index (χ0n) is 29.6. The fraction of sp³-hybridized carbons (Fsp3) is 0.316. The van der Waals surface area contributed by atoms with E-state index in [1.807, 2.05) is 0 Å². The van der Waals surface area contributed by atoms with Crippen LogP contribution in [0.1, 0.15) is 68.2 Å². The minimum Gasteiger partial charge on any atom is -0.490 e. The summed E-state index contributed by atoms with van der Waals surface area (Å²) in [6.07, 6.45) is -1.34. The molecule has 0 saturated carbocycles. The van der Waals surface area contributed by atoms with Crippen molar-refractivity contribution >= 4 is 44.0 Å². The second kappa shape index (κ2) is 14.6. The molecule has 52 heavy (non-hydrogen) atoms. The van der Waals surface area contributed by atoms with Crippen molar-refractivity contribution in [3.63, 3.8) is 0 Å². The highest BCUT2D eigenvalue weighted by Crippen LogP contribution is 2.27. The smallest absolute Gasteiger partial charge is 0.374 e. The highest BCUT2D eigenvalue weighted by atomic mass is 32.2. The number of hydrogen-bond acceptors (Lipinski definition) is 13. The molecule has 0 aliphatic rings. The van der Waals surface area contributed by atoms with Crippen LogP contribution in [0.5, 0.6) is 11.5 Å². The first kappa shape index (κ1) is 37.8. The number of rotatable bonds is 11. The molecule has 0 amide bonds. The minimum absolute atomic E-state index is 0.0108. The third-order valence-electron chi connectivity index (χ3n) is 7.06. The van der Waals surface area contributed by atoms with Gasteiger partial charge in [0, 0.05) is 12.1 Å². The SMILES string of the molecule is Cc1ccc(S(=O)(=O)OC(COc2cccc3oc(C(=O)OC(C)(C)C)cc(=O)c23)COc2cccc3oc(C(=O)OC(C)(C)C)cc(=O)c23)cc1. The second-order valence-corrected chi connectivity index (χ2v) is 15.4. The average Bonchev–Trinajstić information content (AvgIpc) is 3.04. The van der Waals surface area contributed by atoms with Crippen LogP contribution in [0.4, 0.5) is 0 Å². The van der Waals surface area contributed by atoms with Crippen molar-refractivity contribution in [2.45, 2.75) is 70.7 Å². The summed E-state index contributed by atoms with van der Waals surface area (Å²) < 4.78 is 66.2. The maximum absolute atomic E-state index is 13.4. The molecule has 3 aromatic carbocycles. The molecule has 0 aliphatic carbocycles. The Morgan fingerprint density at radius 1 is 0.673 bits per heavy atom. The van der Waals surface area contributed by atoms with Crippen LogP contribution in [0, 0.1) is 6.92 Å². The Labute approximate surface area is 299 Å². The van der Waals surface area contributed by atoms with Crippen molar-refractivity contribution in [1.29, 1.82) is 0 Å². The van der Waals surface area contributed by atoms with Crippen LogP contribution in [0.25, 0.3) is 21.9 Å². The Morgan fingerprint density at radius 3 is 1.50 bits per heavy atom. The van der Waals surface area contributed by atoms with Gasteiger partial charge in [0.2, 0.25) is 11.5 Å². The lowest BCUT2D eigenvalue weighted by atomic mass is 10.2. The number of hydrogen-bond donors (Lipinski definition) is 0. The number of carbonyl (C=O) groups excluding carboxylic acids is 2. The van der Waals surface area contributed by atoms with Crippen LogP contribution in [-0.4, -0.2) is 50.9 Å². The predicted octanol–water partition coefficient (Wildman–Crippen LogP) is 6.35. The molecule has 0 saturated heterocycles. The van der Waals surface area contributed by atoms with Crippen LogP contribution in [-0.2, 0) is 23.8 Å². The van der Waals surface area contributed by atoms with E-state index in [0.29, 0.717) is 0 Å². The fourth-order valence-electron chi connectivity index (χ4n) is 4.86. The summed E-state index contributed by atoms with van der Waals surface area (Å²) in [6.45, 7) is 10.9. The second-order valence-electron chi connectivity index (χ2n) is 13.8. The lowest BCUT2D eigenvalue weighted by Crippen LogP contribution is -2.31. The molecule has 2 aromatic heterocycles. The molecule has 0 atom stereocenters. The summed E-state index contributed by atoms with van der Waals surface area (Å²) >= 11 is 0. The van der Waals surface area contributed by atoms with Crippen molar-refractivity contribution in [2.24, 2.45) is 0 Å². The molecule has 0 unspecified atom stereocenters. The third kappa shape index (κ3) is 9.25. The largest absolute Gasteiger partial charge is 0.490 e. The Hall–Kier alpha value is -5.47. The Kier molecular flexibility index (Phi) is 10.6. The van der Waals surface area contributed by atoms with Gasteiger partial charge in [-0.15, -0.1) is 0 Å². The monoisotopic (exact) mass is 734 g/mol. The van der Waals surface area contributed by atoms with Gasteiger partial charge in [0.1, 0.15) is 64.0 Å². The molecule has 5 aromatic rings. The summed E-state index contributed by atoms with van der Waals surface area (Å²) in [6, 6.07) is 16.9. The van der Waals surface area contributed by atoms with Gasteiger partial charge in [0.15, 0.2) is 10.9 Å². The fourth-order valence-corrected chi connectivity index (χ4v) is 5.91. The van der Waals surface area contributed by atoms with Crippen molar-refractivity contribution in [3.05, 3.63) is 110 Å². The average molecular weight is 735 g/mol. The van der Waals surface area contributed by atoms with Gasteiger partial charge in [-0.25, -0.2) is 9.59 Å². The molecule has 2 heterocycles. The number of aryl methyl sites for hydroxylation is 1. The maximum atomic E-state index is 13.4. The molecule has 14 heteroatoms. The molecule has 13 nitrogen and oxygen atoms in total. The number of benzene rings is 3. The number of fused-ring (bicyclic) bond motifs is 2. The van der Waals surface area contributed by atoms with Crippen LogP contribution in [0.15, 0.2) is 96.1 Å². The third-order valence-corrected chi connectivity index (χ3v) is 8.43. The highest BCUT2D eigenvalue weighted by molar-refractivity contribution is 7.86. The van der Waals surface area contributed by atoms with E-state index in [1.54, 1.807) is 60.6 Å². The quantitative estimate of drug-likeness (QED) is 0.109. The van der Waals surface area contributed by atoms with E-state index in [9.17, 15) is 27.6 Å². The number of carbonyl (C=O) groups is 2. The maximum Gasteiger partial charge on any atom is 0.374 e. The molecule has 5 rings (SSSR count). The zero-order chi connectivity index (χ0) is 38.0. The minimum atomic E-state index is -4.37. The molecular weight excluding hydrogens is 696 g/mol. The highest BCUT2D eigenvalue weighted by Gasteiger charge is 2.27. The lowest BCUT2D eigenvalue weighted by molar-refractivity contribution is 0.00249. The summed E-state index contributed by atoms with van der Waals surface area (Å²) in [4.78, 5) is 51.5. The number of esters is 2. The van der Waals surface area contributed by atoms with Crippen LogP contribution >= 0.6 is 0 Å². The van der Waals surface area contributed by atoms with E-state index < -0.39 is 63.4 Å². The van der Waals surface area contributed by atoms with Crippen molar-refractivity contribution < 1.29 is 50.0 Å². The Balaban J connectivity index is 1.44. The molecule has 0 N–H and O–H groups in total. The molecule has 274 valence electrons. The summed E-state index contributed by atoms with van der Waals surface area (Å²) in [7, 11) is -4.37. The lowest BCUT2D eigenvalue weighted by Gasteiger charge is -2.20. The molecule has 0 aliphatic heterocycles. The van der Waals surface area contributed by atoms with Gasteiger partial charge < -0.3 is 27.8 Å². The molecule has 0 spiro atoms. The first-order valence-electron chi connectivity index (χ1n) is 16.2. The van der Waals surface area contributed by atoms with Gasteiger partial charge in [-0.1, -0.05) is 29.8 Å². The van der Waals surface area contributed by atoms with Gasteiger partial charge >= 0.3 is 11.9 Å². The topological polar surface area (TPSA) is 175 Å². The summed E-state index contributed by atoms with van der Waals surface area (Å²) in [5, 5.41) is -0.0216. The first-order chi connectivity index (χ1) is 24.3. The standard InChI is InChI=1S/C38H38O13S/c1-22-14-16-24(17-15-22)52(43,44)51-23(20-45-27-10-8-12-29-33(27)25(39)18-31(47-29)35(41)49-37(2,3)4)21-46-28-11-9-13-30-34(28)26(40)19-32(48-30)36(42)50-38(5,6)7/h8-19,23H,20-21H2,1-7H3. The van der Waals surface area contributed by atoms with E-state index >= 15 is 0 Å². The normalized spacial score (nSPS) is 12.2. The first-order valence-corrected chi connectivity index (χ1v) is 17.6. The van der Waals surface area contributed by atoms with Gasteiger partial charge in [-0.3, -0.25) is 13.8 Å². The summed E-state index contributed by atoms with van der Waals surface area (Å²) in [5.74, 6) is -2.23. The summed E-state index contributed by atoms with van der Waals surface area (Å²) in [5.41, 5.74) is -1.98. The molecule has 0 radical (unpaired) electrons. The molecule has 0 fully saturated rings. The van der Waals surface area contributed by atoms with E-state index in [2.05, 4.69) is 0 Å². The van der Waals surface area contributed by atoms with E-state index in [4.69, 9.17) is 32.0 Å². The van der Waals surface area contributed by atoms with Crippen molar-refractivity contribution in [1.82, 2.24) is 0 Å². The van der Waals surface area contributed by atoms with Crippen LogP contribution in [0.3, 0.4) is 0 Å². The van der Waals surface area contributed by atoms with E-state index in [-0.39, 0.29) is 49.9 Å². The van der Waals surface area contributed by atoms with Crippen molar-refractivity contribution in [2.75, 3.05) is 13.2 Å². The van der Waals surface area contributed by atoms with Crippen molar-refractivity contribution in [3.8, 4) is 11.5 Å². The van der Waals surface area contributed by atoms with E-state index in [0.717, 1.165) is 17.7 Å². The predicted molar refractivity (Wildman–Crippen MR) is 190 cm³/mol.